The lowest BCUT2D eigenvalue weighted by Crippen LogP contribution is -2.39. The zero-order valence-electron chi connectivity index (χ0n) is 10.1. The highest BCUT2D eigenvalue weighted by atomic mass is 16.3. The fraction of sp³-hybridized carbons (Fsp3) is 0.636. The maximum absolute atomic E-state index is 11.7. The Bertz CT molecular complexity index is 327. The number of aryl methyl sites for hydroxylation is 1. The van der Waals surface area contributed by atoms with Crippen LogP contribution in [0.4, 0.5) is 0 Å². The largest absolute Gasteiger partial charge is 0.389 e. The standard InChI is InChI=1S/C11H19N3O2/c1-11(2,16)9-13(3)10(15)5-8-14-7-4-6-12-14/h4,6-7,16H,5,8-9H2,1-3H3. The van der Waals surface area contributed by atoms with E-state index in [0.29, 0.717) is 19.5 Å². The monoisotopic (exact) mass is 225 g/mol. The van der Waals surface area contributed by atoms with Crippen LogP contribution in [0.3, 0.4) is 0 Å². The number of amides is 1. The van der Waals surface area contributed by atoms with Gasteiger partial charge in [0.15, 0.2) is 0 Å². The van der Waals surface area contributed by atoms with Gasteiger partial charge in [-0.25, -0.2) is 0 Å². The fourth-order valence-electron chi connectivity index (χ4n) is 1.50. The molecule has 1 aromatic heterocycles. The summed E-state index contributed by atoms with van der Waals surface area (Å²) in [5, 5.41) is 13.6. The predicted molar refractivity (Wildman–Crippen MR) is 60.8 cm³/mol. The normalized spacial score (nSPS) is 11.5. The number of nitrogens with zero attached hydrogens (tertiary/aromatic N) is 3. The number of hydrogen-bond acceptors (Lipinski definition) is 3. The third-order valence-electron chi connectivity index (χ3n) is 2.16. The molecule has 0 radical (unpaired) electrons. The van der Waals surface area contributed by atoms with Gasteiger partial charge in [0.05, 0.1) is 5.60 Å². The summed E-state index contributed by atoms with van der Waals surface area (Å²) in [5.41, 5.74) is -0.851. The molecule has 0 saturated heterocycles. The van der Waals surface area contributed by atoms with Crippen molar-refractivity contribution in [3.63, 3.8) is 0 Å². The fourth-order valence-corrected chi connectivity index (χ4v) is 1.50. The van der Waals surface area contributed by atoms with Crippen LogP contribution in [0.1, 0.15) is 20.3 Å². The van der Waals surface area contributed by atoms with E-state index in [1.165, 1.54) is 0 Å². The first-order valence-corrected chi connectivity index (χ1v) is 5.32. The SMILES string of the molecule is CN(CC(C)(C)O)C(=O)CCn1cccn1. The topological polar surface area (TPSA) is 58.4 Å². The summed E-state index contributed by atoms with van der Waals surface area (Å²) in [6.45, 7) is 4.28. The first-order chi connectivity index (χ1) is 7.38. The third-order valence-corrected chi connectivity index (χ3v) is 2.16. The van der Waals surface area contributed by atoms with Crippen LogP contribution in [0, 0.1) is 0 Å². The number of hydrogen-bond donors (Lipinski definition) is 1. The molecule has 16 heavy (non-hydrogen) atoms. The van der Waals surface area contributed by atoms with Gasteiger partial charge in [-0.2, -0.15) is 5.10 Å². The van der Waals surface area contributed by atoms with Crippen LogP contribution in [-0.2, 0) is 11.3 Å². The number of aliphatic hydroxyl groups is 1. The molecule has 0 aliphatic carbocycles. The smallest absolute Gasteiger partial charge is 0.224 e. The van der Waals surface area contributed by atoms with Crippen LogP contribution in [0.5, 0.6) is 0 Å². The zero-order chi connectivity index (χ0) is 12.2. The van der Waals surface area contributed by atoms with E-state index >= 15 is 0 Å². The predicted octanol–water partition coefficient (Wildman–Crippen LogP) is 0.502. The summed E-state index contributed by atoms with van der Waals surface area (Å²) < 4.78 is 1.72. The van der Waals surface area contributed by atoms with Gasteiger partial charge in [0.25, 0.3) is 0 Å². The Hall–Kier alpha value is -1.36. The molecule has 5 nitrogen and oxygen atoms in total. The molecule has 0 spiro atoms. The van der Waals surface area contributed by atoms with Crippen LogP contribution >= 0.6 is 0 Å². The molecule has 0 fully saturated rings. The average Bonchev–Trinajstić information content (AvgIpc) is 2.63. The molecule has 5 heteroatoms. The Balaban J connectivity index is 2.35. The van der Waals surface area contributed by atoms with E-state index in [4.69, 9.17) is 0 Å². The summed E-state index contributed by atoms with van der Waals surface area (Å²) in [7, 11) is 1.70. The van der Waals surface area contributed by atoms with Crippen LogP contribution in [0.2, 0.25) is 0 Å². The Kier molecular flexibility index (Phi) is 4.06. The molecule has 1 amide bonds. The van der Waals surface area contributed by atoms with Gasteiger partial charge in [-0.05, 0) is 19.9 Å². The maximum Gasteiger partial charge on any atom is 0.224 e. The number of rotatable bonds is 5. The van der Waals surface area contributed by atoms with Crippen molar-refractivity contribution in [3.8, 4) is 0 Å². The highest BCUT2D eigenvalue weighted by Crippen LogP contribution is 2.04. The van der Waals surface area contributed by atoms with Gasteiger partial charge in [-0.1, -0.05) is 0 Å². The molecule has 1 N–H and O–H groups in total. The van der Waals surface area contributed by atoms with Crippen molar-refractivity contribution < 1.29 is 9.90 Å². The van der Waals surface area contributed by atoms with E-state index in [9.17, 15) is 9.90 Å². The van der Waals surface area contributed by atoms with E-state index in [2.05, 4.69) is 5.10 Å². The Morgan fingerprint density at radius 3 is 2.75 bits per heavy atom. The quantitative estimate of drug-likeness (QED) is 0.794. The molecule has 1 aromatic rings. The van der Waals surface area contributed by atoms with Crippen molar-refractivity contribution in [1.29, 1.82) is 0 Å². The Morgan fingerprint density at radius 2 is 2.25 bits per heavy atom. The molecule has 0 bridgehead atoms. The van der Waals surface area contributed by atoms with Gasteiger partial charge < -0.3 is 10.0 Å². The number of likely N-dealkylation sites (N-methyl/N-ethyl adjacent to an activating group) is 1. The molecule has 1 rings (SSSR count). The number of aromatic nitrogens is 2. The summed E-state index contributed by atoms with van der Waals surface area (Å²) in [5.74, 6) is 0.0117. The highest BCUT2D eigenvalue weighted by Gasteiger charge is 2.18. The van der Waals surface area contributed by atoms with Gasteiger partial charge in [0.2, 0.25) is 5.91 Å². The van der Waals surface area contributed by atoms with Crippen LogP contribution in [0.15, 0.2) is 18.5 Å². The van der Waals surface area contributed by atoms with Crippen LogP contribution in [0.25, 0.3) is 0 Å². The second-order valence-corrected chi connectivity index (χ2v) is 4.58. The summed E-state index contributed by atoms with van der Waals surface area (Å²) in [6.07, 6.45) is 3.91. The third kappa shape index (κ3) is 4.44. The van der Waals surface area contributed by atoms with Crippen molar-refractivity contribution >= 4 is 5.91 Å². The molecular weight excluding hydrogens is 206 g/mol. The lowest BCUT2D eigenvalue weighted by Gasteiger charge is -2.25. The molecule has 0 aromatic carbocycles. The second-order valence-electron chi connectivity index (χ2n) is 4.58. The van der Waals surface area contributed by atoms with Gasteiger partial charge in [-0.15, -0.1) is 0 Å². The van der Waals surface area contributed by atoms with E-state index in [1.54, 1.807) is 36.7 Å². The van der Waals surface area contributed by atoms with Gasteiger partial charge >= 0.3 is 0 Å². The molecule has 0 atom stereocenters. The minimum atomic E-state index is -0.851. The van der Waals surface area contributed by atoms with E-state index < -0.39 is 5.60 Å². The maximum atomic E-state index is 11.7. The second kappa shape index (κ2) is 5.12. The van der Waals surface area contributed by atoms with E-state index in [-0.39, 0.29) is 5.91 Å². The van der Waals surface area contributed by atoms with Crippen molar-refractivity contribution in [2.24, 2.45) is 0 Å². The number of carbonyl (C=O) groups excluding carboxylic acids is 1. The van der Waals surface area contributed by atoms with E-state index in [1.807, 2.05) is 12.3 Å². The summed E-state index contributed by atoms with van der Waals surface area (Å²) in [6, 6.07) is 1.82. The minimum absolute atomic E-state index is 0.0117. The molecular formula is C11H19N3O2. The Morgan fingerprint density at radius 1 is 1.56 bits per heavy atom. The van der Waals surface area contributed by atoms with Crippen molar-refractivity contribution in [2.75, 3.05) is 13.6 Å². The lowest BCUT2D eigenvalue weighted by molar-refractivity contribution is -0.132. The Labute approximate surface area is 95.7 Å². The zero-order valence-corrected chi connectivity index (χ0v) is 10.1. The molecule has 0 saturated carbocycles. The highest BCUT2D eigenvalue weighted by molar-refractivity contribution is 5.75. The van der Waals surface area contributed by atoms with Crippen molar-refractivity contribution in [3.05, 3.63) is 18.5 Å². The van der Waals surface area contributed by atoms with Gasteiger partial charge in [0.1, 0.15) is 0 Å². The summed E-state index contributed by atoms with van der Waals surface area (Å²) in [4.78, 5) is 13.2. The first kappa shape index (κ1) is 12.7. The van der Waals surface area contributed by atoms with Gasteiger partial charge in [0, 0.05) is 39.0 Å². The molecule has 1 heterocycles. The lowest BCUT2D eigenvalue weighted by atomic mass is 10.1. The number of carbonyl (C=O) groups is 1. The van der Waals surface area contributed by atoms with Gasteiger partial charge in [-0.3, -0.25) is 9.48 Å². The minimum Gasteiger partial charge on any atom is -0.389 e. The van der Waals surface area contributed by atoms with Crippen LogP contribution in [-0.4, -0.2) is 44.9 Å². The molecule has 0 unspecified atom stereocenters. The van der Waals surface area contributed by atoms with Crippen molar-refractivity contribution in [2.45, 2.75) is 32.4 Å². The van der Waals surface area contributed by atoms with E-state index in [0.717, 1.165) is 0 Å². The first-order valence-electron chi connectivity index (χ1n) is 5.32. The van der Waals surface area contributed by atoms with Crippen molar-refractivity contribution in [1.82, 2.24) is 14.7 Å². The van der Waals surface area contributed by atoms with Crippen LogP contribution < -0.4 is 0 Å². The summed E-state index contributed by atoms with van der Waals surface area (Å²) >= 11 is 0. The molecule has 90 valence electrons. The molecule has 0 aliphatic heterocycles. The molecule has 0 aliphatic rings. The average molecular weight is 225 g/mol.